The molecule has 1 unspecified atom stereocenters. The molecule has 3 heterocycles. The van der Waals surface area contributed by atoms with E-state index < -0.39 is 18.6 Å². The molecule has 5 aromatic rings. The molecule has 13 nitrogen and oxygen atoms in total. The number of hydrogen-bond acceptors (Lipinski definition) is 11. The lowest BCUT2D eigenvalue weighted by molar-refractivity contribution is -0.140. The Morgan fingerprint density at radius 2 is 1.82 bits per heavy atom. The summed E-state index contributed by atoms with van der Waals surface area (Å²) in [6, 6.07) is 18.3. The van der Waals surface area contributed by atoms with Crippen molar-refractivity contribution in [2.75, 3.05) is 45.2 Å². The van der Waals surface area contributed by atoms with Gasteiger partial charge in [0.25, 0.3) is 0 Å². The molecule has 2 aromatic heterocycles. The lowest BCUT2D eigenvalue weighted by atomic mass is 9.97. The van der Waals surface area contributed by atoms with Crippen molar-refractivity contribution < 1.29 is 29.6 Å². The number of ether oxygens (including phenoxy) is 2. The summed E-state index contributed by atoms with van der Waals surface area (Å²) in [5.74, 6) is -0.442. The monoisotopic (exact) mass is 767 g/mol. The molecule has 55 heavy (non-hydrogen) atoms. The van der Waals surface area contributed by atoms with Crippen LogP contribution in [0.4, 0.5) is 5.69 Å². The summed E-state index contributed by atoms with van der Waals surface area (Å²) in [6.07, 6.45) is 7.69. The third-order valence-corrected chi connectivity index (χ3v) is 10.0. The van der Waals surface area contributed by atoms with Gasteiger partial charge in [-0.3, -0.25) is 19.8 Å². The molecule has 1 fully saturated rings. The zero-order valence-electron chi connectivity index (χ0n) is 31.0. The number of para-hydroxylation sites is 1. The number of aryl methyl sites for hydroxylation is 1. The number of fused-ring (bicyclic) bond motifs is 1. The number of β-amino-alcohol motifs (C(OH)–C–C–N with tert-alkyl or cyclic N) is 1. The Hall–Kier alpha value is -5.23. The van der Waals surface area contributed by atoms with Gasteiger partial charge in [0.2, 0.25) is 0 Å². The predicted octanol–water partition coefficient (Wildman–Crippen LogP) is 5.23. The van der Waals surface area contributed by atoms with E-state index in [9.17, 15) is 25.4 Å². The topological polar surface area (TPSA) is 169 Å². The number of nitrogens with one attached hydrogen (secondary N) is 1. The standard InChI is InChI=1S/C41H46ClN7O6/c1-47(2)40-29(7-5-9-33(40)32-8-6-10-37-34(32)22-46-49(37)13-4-3-12-48-14-11-31(51)23-48)26-55-39-17-38(54-25-28-15-27(18-43)19-44-20-28)30(16-35(39)42)21-45-36(24-50)41(52)53/h5-10,15-17,19-20,22,31,36,45,50-51H,3-4,11-14,21,23-26H2,1-2H3,(H,52,53)/t31?,36-/m0/s1. The van der Waals surface area contributed by atoms with E-state index in [-0.39, 0.29) is 25.9 Å². The van der Waals surface area contributed by atoms with Gasteiger partial charge in [-0.1, -0.05) is 41.9 Å². The Morgan fingerprint density at radius 3 is 2.56 bits per heavy atom. The fourth-order valence-electron chi connectivity index (χ4n) is 6.95. The minimum Gasteiger partial charge on any atom is -0.488 e. The first kappa shape index (κ1) is 39.5. The lowest BCUT2D eigenvalue weighted by Gasteiger charge is -2.23. The fourth-order valence-corrected chi connectivity index (χ4v) is 7.19. The number of nitriles is 1. The van der Waals surface area contributed by atoms with Crippen molar-refractivity contribution in [2.24, 2.45) is 0 Å². The molecule has 288 valence electrons. The highest BCUT2D eigenvalue weighted by Gasteiger charge is 2.21. The molecular formula is C41H46ClN7O6. The number of unbranched alkanes of at least 4 members (excludes halogenated alkanes) is 1. The molecule has 14 heteroatoms. The number of carboxylic acid groups (broad SMARTS) is 1. The maximum absolute atomic E-state index is 11.6. The van der Waals surface area contributed by atoms with Crippen LogP contribution in [0.1, 0.15) is 41.5 Å². The van der Waals surface area contributed by atoms with Crippen LogP contribution in [0.25, 0.3) is 22.0 Å². The van der Waals surface area contributed by atoms with Crippen molar-refractivity contribution in [2.45, 2.75) is 57.7 Å². The number of anilines is 1. The largest absolute Gasteiger partial charge is 0.488 e. The summed E-state index contributed by atoms with van der Waals surface area (Å²) in [5.41, 5.74) is 6.68. The molecule has 0 bridgehead atoms. The van der Waals surface area contributed by atoms with Gasteiger partial charge in [-0.25, -0.2) is 0 Å². The van der Waals surface area contributed by atoms with E-state index in [4.69, 9.17) is 26.2 Å². The highest BCUT2D eigenvalue weighted by Crippen LogP contribution is 2.39. The molecule has 0 spiro atoms. The highest BCUT2D eigenvalue weighted by atomic mass is 35.5. The zero-order chi connectivity index (χ0) is 38.9. The maximum atomic E-state index is 11.6. The van der Waals surface area contributed by atoms with Crippen LogP contribution >= 0.6 is 11.6 Å². The average Bonchev–Trinajstić information content (AvgIpc) is 3.80. The van der Waals surface area contributed by atoms with Crippen molar-refractivity contribution in [1.29, 1.82) is 5.26 Å². The molecule has 1 aliphatic heterocycles. The van der Waals surface area contributed by atoms with Gasteiger partial charge in [0.15, 0.2) is 0 Å². The number of aliphatic hydroxyl groups excluding tert-OH is 2. The highest BCUT2D eigenvalue weighted by molar-refractivity contribution is 6.32. The van der Waals surface area contributed by atoms with Gasteiger partial charge < -0.3 is 34.6 Å². The Morgan fingerprint density at radius 1 is 1.04 bits per heavy atom. The first-order valence-corrected chi connectivity index (χ1v) is 18.7. The van der Waals surface area contributed by atoms with Crippen LogP contribution in [0.2, 0.25) is 5.02 Å². The average molecular weight is 768 g/mol. The van der Waals surface area contributed by atoms with Gasteiger partial charge in [0, 0.05) is 86.4 Å². The zero-order valence-corrected chi connectivity index (χ0v) is 31.7. The normalized spacial score (nSPS) is 14.9. The molecule has 3 aromatic carbocycles. The van der Waals surface area contributed by atoms with Gasteiger partial charge in [-0.05, 0) is 49.6 Å². The second kappa shape index (κ2) is 18.4. The third kappa shape index (κ3) is 9.72. The second-order valence-corrected chi connectivity index (χ2v) is 14.3. The molecule has 0 aliphatic carbocycles. The smallest absolute Gasteiger partial charge is 0.323 e. The number of likely N-dealkylation sites (tertiary alicyclic amines) is 1. The van der Waals surface area contributed by atoms with E-state index in [1.165, 1.54) is 6.20 Å². The Balaban J connectivity index is 1.22. The number of aliphatic carboxylic acids is 1. The van der Waals surface area contributed by atoms with Crippen LogP contribution < -0.4 is 19.7 Å². The van der Waals surface area contributed by atoms with Crippen LogP contribution in [0.3, 0.4) is 0 Å². The number of nitrogens with zero attached hydrogens (tertiary/aromatic N) is 6. The van der Waals surface area contributed by atoms with Crippen LogP contribution in [0, 0.1) is 11.3 Å². The Labute approximate surface area is 325 Å². The third-order valence-electron chi connectivity index (χ3n) is 9.72. The summed E-state index contributed by atoms with van der Waals surface area (Å²) in [7, 11) is 4.00. The number of aromatic nitrogens is 3. The summed E-state index contributed by atoms with van der Waals surface area (Å²) in [6.45, 7) is 3.23. The Kier molecular flexibility index (Phi) is 13.2. The van der Waals surface area contributed by atoms with Gasteiger partial charge in [-0.15, -0.1) is 0 Å². The van der Waals surface area contributed by atoms with E-state index in [2.05, 4.69) is 55.1 Å². The first-order valence-electron chi connectivity index (χ1n) is 18.3. The molecule has 2 atom stereocenters. The molecule has 1 saturated heterocycles. The maximum Gasteiger partial charge on any atom is 0.323 e. The molecule has 0 saturated carbocycles. The molecule has 1 aliphatic rings. The van der Waals surface area contributed by atoms with Gasteiger partial charge in [0.1, 0.15) is 36.8 Å². The van der Waals surface area contributed by atoms with Crippen LogP contribution in [0.15, 0.2) is 73.2 Å². The van der Waals surface area contributed by atoms with Crippen molar-refractivity contribution >= 4 is 34.2 Å². The molecular weight excluding hydrogens is 722 g/mol. The van der Waals surface area contributed by atoms with Gasteiger partial charge in [-0.2, -0.15) is 10.4 Å². The molecule has 0 amide bonds. The van der Waals surface area contributed by atoms with E-state index in [0.29, 0.717) is 33.2 Å². The second-order valence-electron chi connectivity index (χ2n) is 13.9. The van der Waals surface area contributed by atoms with Gasteiger partial charge in [0.05, 0.1) is 40.7 Å². The van der Waals surface area contributed by atoms with Gasteiger partial charge >= 0.3 is 5.97 Å². The first-order chi connectivity index (χ1) is 26.6. The quantitative estimate of drug-likeness (QED) is 0.0859. The number of carboxylic acids is 1. The van der Waals surface area contributed by atoms with E-state index in [0.717, 1.165) is 78.7 Å². The minimum atomic E-state index is -1.19. The number of benzene rings is 3. The Bertz CT molecular complexity index is 2150. The number of halogens is 1. The van der Waals surface area contributed by atoms with E-state index >= 15 is 0 Å². The van der Waals surface area contributed by atoms with E-state index in [1.54, 1.807) is 24.4 Å². The van der Waals surface area contributed by atoms with Crippen molar-refractivity contribution in [1.82, 2.24) is 25.0 Å². The molecule has 4 N–H and O–H groups in total. The van der Waals surface area contributed by atoms with Crippen LogP contribution in [-0.2, 0) is 31.1 Å². The fraction of sp³-hybridized carbons (Fsp3) is 0.366. The lowest BCUT2D eigenvalue weighted by Crippen LogP contribution is -2.39. The van der Waals surface area contributed by atoms with Crippen molar-refractivity contribution in [3.8, 4) is 28.7 Å². The SMILES string of the molecule is CN(C)c1c(COc2cc(OCc3cncc(C#N)c3)c(CN[C@@H](CO)C(=O)O)cc2Cl)cccc1-c1cccc2c1cnn2CCCCN1CCC(O)C1. The van der Waals surface area contributed by atoms with E-state index in [1.807, 2.05) is 32.4 Å². The van der Waals surface area contributed by atoms with Crippen LogP contribution in [0.5, 0.6) is 11.5 Å². The van der Waals surface area contributed by atoms with Crippen molar-refractivity contribution in [3.63, 3.8) is 0 Å². The van der Waals surface area contributed by atoms with Crippen molar-refractivity contribution in [3.05, 3.63) is 100 Å². The number of aliphatic hydroxyl groups is 2. The predicted molar refractivity (Wildman–Crippen MR) is 210 cm³/mol. The number of carbonyl (C=O) groups is 1. The number of hydrogen-bond donors (Lipinski definition) is 4. The summed E-state index contributed by atoms with van der Waals surface area (Å²) >= 11 is 6.77. The summed E-state index contributed by atoms with van der Waals surface area (Å²) in [4.78, 5) is 20.0. The summed E-state index contributed by atoms with van der Waals surface area (Å²) < 4.78 is 14.6. The minimum absolute atomic E-state index is 0.0436. The molecule has 0 radical (unpaired) electrons. The number of pyridine rings is 1. The number of rotatable bonds is 18. The summed E-state index contributed by atoms with van der Waals surface area (Å²) in [5, 5.41) is 47.1. The molecule has 6 rings (SSSR count). The van der Waals surface area contributed by atoms with Crippen LogP contribution in [-0.4, -0.2) is 93.4 Å².